The normalized spacial score (nSPS) is 11.5. The van der Waals surface area contributed by atoms with Gasteiger partial charge in [-0.1, -0.05) is 6.92 Å². The molecule has 0 N–H and O–H groups in total. The van der Waals surface area contributed by atoms with E-state index in [-0.39, 0.29) is 0 Å². The van der Waals surface area contributed by atoms with Crippen LogP contribution in [-0.2, 0) is 27.7 Å². The molecule has 0 bridgehead atoms. The van der Waals surface area contributed by atoms with Crippen LogP contribution < -0.4 is 0 Å². The van der Waals surface area contributed by atoms with Gasteiger partial charge in [0.15, 0.2) is 0 Å². The molecule has 0 aliphatic carbocycles. The summed E-state index contributed by atoms with van der Waals surface area (Å²) in [6.45, 7) is 4.89. The molecule has 1 atom stereocenters. The molecule has 0 aliphatic rings. The summed E-state index contributed by atoms with van der Waals surface area (Å²) in [6, 6.07) is 11.0. The van der Waals surface area contributed by atoms with E-state index >= 15 is 0 Å². The summed E-state index contributed by atoms with van der Waals surface area (Å²) in [4.78, 5) is 0. The second-order valence-corrected chi connectivity index (χ2v) is 2.92. The van der Waals surface area contributed by atoms with E-state index in [9.17, 15) is 0 Å². The molecule has 0 amide bonds. The molecule has 1 nitrogen and oxygen atoms in total. The summed E-state index contributed by atoms with van der Waals surface area (Å²) in [7, 11) is 0. The van der Waals surface area contributed by atoms with Gasteiger partial charge in [-0.2, -0.15) is 30.3 Å². The maximum atomic E-state index is 5.55. The molecular formula is C11H15BrOZn. The van der Waals surface area contributed by atoms with Gasteiger partial charge in [-0.3, -0.25) is 0 Å². The Bertz CT molecular complexity index is 216. The monoisotopic (exact) mass is 306 g/mol. The van der Waals surface area contributed by atoms with Gasteiger partial charge in [0.05, 0.1) is 6.10 Å². The van der Waals surface area contributed by atoms with E-state index in [2.05, 4.69) is 33.5 Å². The van der Waals surface area contributed by atoms with Gasteiger partial charge in [0.1, 0.15) is 0 Å². The predicted octanol–water partition coefficient (Wildman–Crippen LogP) is 3.64. The number of halogens is 1. The zero-order valence-corrected chi connectivity index (χ0v) is 13.3. The average Bonchev–Trinajstić information content (AvgIpc) is 2.30. The Balaban J connectivity index is 0.000000791. The molecule has 1 rings (SSSR count). The first-order valence-corrected chi connectivity index (χ1v) is 11.6. The molecule has 1 aromatic carbocycles. The SMILES string of the molecule is CCC(C)OCc1[c-]cccc1.[Zn+][Br]. The third-order valence-corrected chi connectivity index (χ3v) is 1.87. The molecule has 0 aromatic heterocycles. The van der Waals surface area contributed by atoms with Gasteiger partial charge in [0.25, 0.3) is 0 Å². The average molecular weight is 309 g/mol. The minimum absolute atomic E-state index is 0.346. The van der Waals surface area contributed by atoms with Crippen LogP contribution in [0.3, 0.4) is 0 Å². The summed E-state index contributed by atoms with van der Waals surface area (Å²) >= 11 is 4.25. The van der Waals surface area contributed by atoms with Crippen molar-refractivity contribution in [1.82, 2.24) is 0 Å². The Morgan fingerprint density at radius 3 is 2.71 bits per heavy atom. The van der Waals surface area contributed by atoms with Crippen molar-refractivity contribution in [2.24, 2.45) is 0 Å². The van der Waals surface area contributed by atoms with Crippen molar-refractivity contribution in [1.29, 1.82) is 0 Å². The summed E-state index contributed by atoms with van der Waals surface area (Å²) in [5.41, 5.74) is 1.12. The third kappa shape index (κ3) is 6.70. The minimum atomic E-state index is 0.346. The van der Waals surface area contributed by atoms with Crippen molar-refractivity contribution in [2.75, 3.05) is 0 Å². The van der Waals surface area contributed by atoms with Gasteiger partial charge in [-0.15, -0.1) is 5.56 Å². The molecule has 74 valence electrons. The van der Waals surface area contributed by atoms with Gasteiger partial charge in [0, 0.05) is 6.61 Å². The molecule has 0 saturated heterocycles. The second kappa shape index (κ2) is 9.82. The van der Waals surface area contributed by atoms with Crippen molar-refractivity contribution < 1.29 is 21.1 Å². The molecule has 0 heterocycles. The topological polar surface area (TPSA) is 9.23 Å². The fourth-order valence-corrected chi connectivity index (χ4v) is 0.870. The van der Waals surface area contributed by atoms with E-state index in [0.717, 1.165) is 12.0 Å². The number of hydrogen-bond acceptors (Lipinski definition) is 1. The summed E-state index contributed by atoms with van der Waals surface area (Å²) < 4.78 is 5.55. The van der Waals surface area contributed by atoms with Gasteiger partial charge >= 0.3 is 30.0 Å². The molecule has 0 spiro atoms. The van der Waals surface area contributed by atoms with Crippen molar-refractivity contribution in [3.63, 3.8) is 0 Å². The van der Waals surface area contributed by atoms with Gasteiger partial charge in [-0.25, -0.2) is 0 Å². The van der Waals surface area contributed by atoms with Gasteiger partial charge < -0.3 is 4.74 Å². The Hall–Kier alpha value is 0.283. The van der Waals surface area contributed by atoms with Crippen molar-refractivity contribution in [3.8, 4) is 0 Å². The Labute approximate surface area is 103 Å². The van der Waals surface area contributed by atoms with E-state index in [1.165, 1.54) is 16.3 Å². The number of ether oxygens (including phenoxy) is 1. The van der Waals surface area contributed by atoms with E-state index in [1.54, 1.807) is 0 Å². The maximum absolute atomic E-state index is 5.55. The van der Waals surface area contributed by atoms with Crippen molar-refractivity contribution >= 4 is 13.6 Å². The molecular weight excluding hydrogens is 293 g/mol. The molecule has 3 heteroatoms. The summed E-state index contributed by atoms with van der Waals surface area (Å²) in [5, 5.41) is 0. The van der Waals surface area contributed by atoms with Crippen LogP contribution >= 0.6 is 13.6 Å². The molecule has 0 aliphatic heterocycles. The summed E-state index contributed by atoms with van der Waals surface area (Å²) in [6.07, 6.45) is 1.41. The standard InChI is InChI=1S/C11H15O.BrH.Zn/c1-3-10(2)12-9-11-7-5-4-6-8-11;;/h4-7,10H,3,9H2,1-2H3;1H;/q-1;;+2/p-1. The first-order chi connectivity index (χ1) is 6.83. The molecule has 0 saturated carbocycles. The first kappa shape index (κ1) is 14.3. The fourth-order valence-electron chi connectivity index (χ4n) is 0.870. The summed E-state index contributed by atoms with van der Waals surface area (Å²) in [5.74, 6) is 0. The predicted molar refractivity (Wildman–Crippen MR) is 58.7 cm³/mol. The number of rotatable bonds is 4. The fraction of sp³-hybridized carbons (Fsp3) is 0.455. The number of hydrogen-bond donors (Lipinski definition) is 0. The van der Waals surface area contributed by atoms with Gasteiger partial charge in [0.2, 0.25) is 0 Å². The Morgan fingerprint density at radius 1 is 1.50 bits per heavy atom. The van der Waals surface area contributed by atoms with Crippen LogP contribution in [0.15, 0.2) is 24.3 Å². The molecule has 1 unspecified atom stereocenters. The van der Waals surface area contributed by atoms with Crippen molar-refractivity contribution in [3.05, 3.63) is 35.9 Å². The molecule has 1 aromatic rings. The van der Waals surface area contributed by atoms with Crippen LogP contribution in [0.25, 0.3) is 0 Å². The zero-order chi connectivity index (χ0) is 10.8. The third-order valence-electron chi connectivity index (χ3n) is 1.87. The van der Waals surface area contributed by atoms with E-state index in [0.29, 0.717) is 12.7 Å². The van der Waals surface area contributed by atoms with Crippen LogP contribution in [0.2, 0.25) is 0 Å². The van der Waals surface area contributed by atoms with E-state index in [4.69, 9.17) is 4.74 Å². The Morgan fingerprint density at radius 2 is 2.21 bits per heavy atom. The van der Waals surface area contributed by atoms with Crippen LogP contribution in [0.4, 0.5) is 0 Å². The van der Waals surface area contributed by atoms with Crippen LogP contribution in [0.5, 0.6) is 0 Å². The van der Waals surface area contributed by atoms with E-state index in [1.807, 2.05) is 24.3 Å². The quantitative estimate of drug-likeness (QED) is 0.609. The second-order valence-electron chi connectivity index (χ2n) is 2.92. The van der Waals surface area contributed by atoms with Crippen LogP contribution in [-0.4, -0.2) is 6.10 Å². The van der Waals surface area contributed by atoms with E-state index < -0.39 is 0 Å². The molecule has 0 fully saturated rings. The van der Waals surface area contributed by atoms with Crippen LogP contribution in [0, 0.1) is 6.07 Å². The first-order valence-electron chi connectivity index (χ1n) is 4.67. The number of benzene rings is 1. The molecule has 0 radical (unpaired) electrons. The zero-order valence-electron chi connectivity index (χ0n) is 8.79. The van der Waals surface area contributed by atoms with Crippen LogP contribution in [0.1, 0.15) is 25.8 Å². The van der Waals surface area contributed by atoms with Gasteiger partial charge in [-0.05, 0) is 13.3 Å². The molecule has 14 heavy (non-hydrogen) atoms. The Kier molecular flexibility index (Phi) is 10.0. The van der Waals surface area contributed by atoms with Crippen molar-refractivity contribution in [2.45, 2.75) is 33.0 Å².